The van der Waals surface area contributed by atoms with Crippen molar-refractivity contribution in [2.75, 3.05) is 5.32 Å². The summed E-state index contributed by atoms with van der Waals surface area (Å²) in [4.78, 5) is 21.1. The molecule has 1 amide bonds. The Balaban J connectivity index is 2.08. The van der Waals surface area contributed by atoms with Crippen molar-refractivity contribution in [3.05, 3.63) is 54.4 Å². The van der Waals surface area contributed by atoms with Crippen molar-refractivity contribution in [2.24, 2.45) is 0 Å². The number of nitrogens with zero attached hydrogens (tertiary/aromatic N) is 2. The number of pyridine rings is 1. The highest BCUT2D eigenvalue weighted by Gasteiger charge is 2.17. The van der Waals surface area contributed by atoms with E-state index in [-0.39, 0.29) is 11.3 Å². The number of anilines is 1. The van der Waals surface area contributed by atoms with E-state index in [4.69, 9.17) is 0 Å². The summed E-state index contributed by atoms with van der Waals surface area (Å²) in [6, 6.07) is 12.4. The standard InChI is InChI=1S/C20H21N3OS/c1-13(24)22-19-23-17(14-9-11-21-12-10-14)18(25-19)15-5-7-16(8-6-15)20(2,3)4/h5-12H,1-4H3,(H,22,23,24). The lowest BCUT2D eigenvalue weighted by Crippen LogP contribution is -2.10. The molecule has 0 fully saturated rings. The van der Waals surface area contributed by atoms with Gasteiger partial charge in [-0.3, -0.25) is 9.78 Å². The van der Waals surface area contributed by atoms with Crippen molar-refractivity contribution < 1.29 is 4.79 Å². The van der Waals surface area contributed by atoms with E-state index in [1.807, 2.05) is 12.1 Å². The van der Waals surface area contributed by atoms with Crippen LogP contribution >= 0.6 is 11.3 Å². The maximum absolute atomic E-state index is 11.4. The van der Waals surface area contributed by atoms with E-state index in [2.05, 4.69) is 60.3 Å². The van der Waals surface area contributed by atoms with Gasteiger partial charge in [0.05, 0.1) is 10.6 Å². The van der Waals surface area contributed by atoms with E-state index in [9.17, 15) is 4.79 Å². The Kier molecular flexibility index (Phi) is 4.68. The molecule has 1 N–H and O–H groups in total. The lowest BCUT2D eigenvalue weighted by Gasteiger charge is -2.19. The minimum absolute atomic E-state index is 0.113. The average molecular weight is 351 g/mol. The van der Waals surface area contributed by atoms with Crippen molar-refractivity contribution in [2.45, 2.75) is 33.1 Å². The summed E-state index contributed by atoms with van der Waals surface area (Å²) in [5.74, 6) is -0.121. The van der Waals surface area contributed by atoms with Gasteiger partial charge in [0.25, 0.3) is 0 Å². The zero-order chi connectivity index (χ0) is 18.0. The maximum atomic E-state index is 11.4. The Hall–Kier alpha value is -2.53. The molecule has 4 nitrogen and oxygen atoms in total. The topological polar surface area (TPSA) is 54.9 Å². The predicted molar refractivity (Wildman–Crippen MR) is 104 cm³/mol. The average Bonchev–Trinajstić information content (AvgIpc) is 2.98. The summed E-state index contributed by atoms with van der Waals surface area (Å²) in [6.07, 6.45) is 3.50. The number of rotatable bonds is 3. The van der Waals surface area contributed by atoms with Gasteiger partial charge in [-0.05, 0) is 28.7 Å². The van der Waals surface area contributed by atoms with E-state index in [0.29, 0.717) is 5.13 Å². The van der Waals surface area contributed by atoms with E-state index < -0.39 is 0 Å². The first-order chi connectivity index (χ1) is 11.8. The fourth-order valence-electron chi connectivity index (χ4n) is 2.55. The third-order valence-electron chi connectivity index (χ3n) is 3.88. The number of carbonyl (C=O) groups is 1. The molecule has 1 aromatic carbocycles. The maximum Gasteiger partial charge on any atom is 0.223 e. The molecule has 0 saturated carbocycles. The number of benzene rings is 1. The molecule has 128 valence electrons. The molecular weight excluding hydrogens is 330 g/mol. The van der Waals surface area contributed by atoms with Crippen LogP contribution in [0.2, 0.25) is 0 Å². The summed E-state index contributed by atoms with van der Waals surface area (Å²) in [6.45, 7) is 8.09. The number of hydrogen-bond acceptors (Lipinski definition) is 4. The third kappa shape index (κ3) is 3.94. The van der Waals surface area contributed by atoms with Gasteiger partial charge in [-0.25, -0.2) is 4.98 Å². The second-order valence-electron chi connectivity index (χ2n) is 6.94. The molecule has 3 aromatic rings. The molecule has 5 heteroatoms. The van der Waals surface area contributed by atoms with E-state index in [1.165, 1.54) is 23.8 Å². The second-order valence-corrected chi connectivity index (χ2v) is 7.94. The molecule has 0 unspecified atom stereocenters. The quantitative estimate of drug-likeness (QED) is 0.712. The summed E-state index contributed by atoms with van der Waals surface area (Å²) in [7, 11) is 0. The SMILES string of the molecule is CC(=O)Nc1nc(-c2ccncc2)c(-c2ccc(C(C)(C)C)cc2)s1. The molecule has 0 aliphatic carbocycles. The van der Waals surface area contributed by atoms with Gasteiger partial charge in [0, 0.05) is 24.9 Å². The largest absolute Gasteiger partial charge is 0.302 e. The number of thiazole rings is 1. The van der Waals surface area contributed by atoms with Crippen molar-refractivity contribution >= 4 is 22.4 Å². The first kappa shape index (κ1) is 17.3. The van der Waals surface area contributed by atoms with Crippen LogP contribution in [0, 0.1) is 0 Å². The van der Waals surface area contributed by atoms with Crippen LogP contribution in [-0.2, 0) is 10.2 Å². The van der Waals surface area contributed by atoms with Crippen LogP contribution in [0.1, 0.15) is 33.3 Å². The number of carbonyl (C=O) groups excluding carboxylic acids is 1. The minimum atomic E-state index is -0.121. The molecule has 0 radical (unpaired) electrons. The molecule has 25 heavy (non-hydrogen) atoms. The zero-order valence-corrected chi connectivity index (χ0v) is 15.6. The van der Waals surface area contributed by atoms with Crippen molar-refractivity contribution in [3.8, 4) is 21.7 Å². The molecule has 0 aliphatic rings. The molecule has 0 spiro atoms. The van der Waals surface area contributed by atoms with Crippen molar-refractivity contribution in [1.29, 1.82) is 0 Å². The number of hydrogen-bond donors (Lipinski definition) is 1. The fourth-order valence-corrected chi connectivity index (χ4v) is 3.59. The van der Waals surface area contributed by atoms with Crippen LogP contribution in [-0.4, -0.2) is 15.9 Å². The van der Waals surface area contributed by atoms with Gasteiger partial charge < -0.3 is 5.32 Å². The normalized spacial score (nSPS) is 11.4. The highest BCUT2D eigenvalue weighted by Crippen LogP contribution is 2.39. The van der Waals surface area contributed by atoms with Crippen LogP contribution in [0.5, 0.6) is 0 Å². The third-order valence-corrected chi connectivity index (χ3v) is 4.90. The number of nitrogens with one attached hydrogen (secondary N) is 1. The molecule has 0 aliphatic heterocycles. The molecule has 0 bridgehead atoms. The second kappa shape index (κ2) is 6.76. The van der Waals surface area contributed by atoms with Gasteiger partial charge in [-0.1, -0.05) is 56.4 Å². The van der Waals surface area contributed by atoms with Crippen LogP contribution in [0.3, 0.4) is 0 Å². The lowest BCUT2D eigenvalue weighted by molar-refractivity contribution is -0.114. The highest BCUT2D eigenvalue weighted by molar-refractivity contribution is 7.19. The van der Waals surface area contributed by atoms with Gasteiger partial charge in [0.15, 0.2) is 5.13 Å². The Morgan fingerprint density at radius 3 is 2.20 bits per heavy atom. The van der Waals surface area contributed by atoms with E-state index in [1.54, 1.807) is 12.4 Å². The van der Waals surface area contributed by atoms with Crippen molar-refractivity contribution in [1.82, 2.24) is 9.97 Å². The van der Waals surface area contributed by atoms with Crippen LogP contribution in [0.4, 0.5) is 5.13 Å². The van der Waals surface area contributed by atoms with Gasteiger partial charge in [0.1, 0.15) is 0 Å². The van der Waals surface area contributed by atoms with Gasteiger partial charge >= 0.3 is 0 Å². The monoisotopic (exact) mass is 351 g/mol. The van der Waals surface area contributed by atoms with Gasteiger partial charge in [-0.2, -0.15) is 0 Å². The Bertz CT molecular complexity index is 878. The van der Waals surface area contributed by atoms with E-state index >= 15 is 0 Å². The minimum Gasteiger partial charge on any atom is -0.302 e. The smallest absolute Gasteiger partial charge is 0.223 e. The molecule has 0 saturated heterocycles. The summed E-state index contributed by atoms with van der Waals surface area (Å²) < 4.78 is 0. The van der Waals surface area contributed by atoms with Gasteiger partial charge in [-0.15, -0.1) is 0 Å². The Labute approximate surface area is 152 Å². The lowest BCUT2D eigenvalue weighted by atomic mass is 9.86. The highest BCUT2D eigenvalue weighted by atomic mass is 32.1. The van der Waals surface area contributed by atoms with Crippen LogP contribution in [0.25, 0.3) is 21.7 Å². The van der Waals surface area contributed by atoms with Crippen molar-refractivity contribution in [3.63, 3.8) is 0 Å². The summed E-state index contributed by atoms with van der Waals surface area (Å²) >= 11 is 1.49. The van der Waals surface area contributed by atoms with Gasteiger partial charge in [0.2, 0.25) is 5.91 Å². The Morgan fingerprint density at radius 1 is 1.00 bits per heavy atom. The zero-order valence-electron chi connectivity index (χ0n) is 14.8. The Morgan fingerprint density at radius 2 is 1.64 bits per heavy atom. The fraction of sp³-hybridized carbons (Fsp3) is 0.250. The summed E-state index contributed by atoms with van der Waals surface area (Å²) in [5.41, 5.74) is 4.33. The molecule has 0 atom stereocenters. The first-order valence-electron chi connectivity index (χ1n) is 8.14. The predicted octanol–water partition coefficient (Wildman–Crippen LogP) is 5.13. The van der Waals surface area contributed by atoms with E-state index in [0.717, 1.165) is 21.7 Å². The molecule has 2 heterocycles. The van der Waals surface area contributed by atoms with Crippen LogP contribution in [0.15, 0.2) is 48.8 Å². The molecule has 2 aromatic heterocycles. The first-order valence-corrected chi connectivity index (χ1v) is 8.96. The molecular formula is C20H21N3OS. The van der Waals surface area contributed by atoms with Crippen LogP contribution < -0.4 is 5.32 Å². The number of aromatic nitrogens is 2. The number of amides is 1. The molecule has 3 rings (SSSR count). The summed E-state index contributed by atoms with van der Waals surface area (Å²) in [5, 5.41) is 3.40.